The summed E-state index contributed by atoms with van der Waals surface area (Å²) < 4.78 is 15.1. The molecule has 88 valence electrons. The van der Waals surface area contributed by atoms with Crippen LogP contribution in [0.25, 0.3) is 5.57 Å². The van der Waals surface area contributed by atoms with Crippen molar-refractivity contribution in [1.82, 2.24) is 0 Å². The van der Waals surface area contributed by atoms with E-state index in [1.165, 1.54) is 7.11 Å². The molecule has 4 nitrogen and oxygen atoms in total. The van der Waals surface area contributed by atoms with Crippen molar-refractivity contribution < 1.29 is 19.0 Å². The van der Waals surface area contributed by atoms with Crippen molar-refractivity contribution in [1.29, 1.82) is 0 Å². The van der Waals surface area contributed by atoms with Crippen molar-refractivity contribution in [3.8, 4) is 5.75 Å². The number of benzene rings is 1. The van der Waals surface area contributed by atoms with Gasteiger partial charge in [0, 0.05) is 0 Å². The molecule has 0 N–H and O–H groups in total. The maximum Gasteiger partial charge on any atom is 0.348 e. The van der Waals surface area contributed by atoms with Gasteiger partial charge in [-0.05, 0) is 17.7 Å². The Kier molecular flexibility index (Phi) is 2.87. The molecule has 2 rings (SSSR count). The van der Waals surface area contributed by atoms with Gasteiger partial charge in [-0.3, -0.25) is 0 Å². The molecule has 0 aromatic heterocycles. The third-order valence-corrected chi connectivity index (χ3v) is 2.48. The van der Waals surface area contributed by atoms with Crippen molar-refractivity contribution in [2.75, 3.05) is 14.2 Å². The Morgan fingerprint density at radius 1 is 1.12 bits per heavy atom. The number of carbonyl (C=O) groups is 1. The lowest BCUT2D eigenvalue weighted by Crippen LogP contribution is -1.98. The predicted octanol–water partition coefficient (Wildman–Crippen LogP) is 2.12. The second-order valence-corrected chi connectivity index (χ2v) is 3.45. The number of cyclic esters (lactones) is 1. The maximum atomic E-state index is 11.7. The molecule has 1 aromatic carbocycles. The molecule has 0 atom stereocenters. The van der Waals surface area contributed by atoms with Gasteiger partial charge in [0.1, 0.15) is 11.3 Å². The quantitative estimate of drug-likeness (QED) is 0.749. The summed E-state index contributed by atoms with van der Waals surface area (Å²) in [4.78, 5) is 11.7. The van der Waals surface area contributed by atoms with E-state index in [9.17, 15) is 4.79 Å². The van der Waals surface area contributed by atoms with Crippen molar-refractivity contribution in [2.45, 2.75) is 0 Å². The van der Waals surface area contributed by atoms with Gasteiger partial charge in [0.25, 0.3) is 0 Å². The maximum absolute atomic E-state index is 11.7. The van der Waals surface area contributed by atoms with Crippen LogP contribution in [0.1, 0.15) is 5.56 Å². The Morgan fingerprint density at radius 3 is 2.29 bits per heavy atom. The first kappa shape index (κ1) is 11.3. The highest BCUT2D eigenvalue weighted by atomic mass is 16.6. The van der Waals surface area contributed by atoms with Gasteiger partial charge < -0.3 is 14.2 Å². The molecule has 0 bridgehead atoms. The normalized spacial score (nSPS) is 14.9. The van der Waals surface area contributed by atoms with Crippen LogP contribution in [0.3, 0.4) is 0 Å². The Morgan fingerprint density at radius 2 is 1.76 bits per heavy atom. The number of rotatable bonds is 3. The van der Waals surface area contributed by atoms with Gasteiger partial charge in [0.2, 0.25) is 0 Å². The molecule has 0 saturated heterocycles. The van der Waals surface area contributed by atoms with Gasteiger partial charge in [-0.1, -0.05) is 18.7 Å². The average molecular weight is 232 g/mol. The molecular formula is C13H12O4. The number of ether oxygens (including phenoxy) is 3. The minimum Gasteiger partial charge on any atom is -0.497 e. The molecule has 1 heterocycles. The summed E-state index contributed by atoms with van der Waals surface area (Å²) in [5.74, 6) is 0.888. The number of hydrogen-bond donors (Lipinski definition) is 0. The van der Waals surface area contributed by atoms with Gasteiger partial charge in [0.15, 0.2) is 11.5 Å². The summed E-state index contributed by atoms with van der Waals surface area (Å²) in [6.07, 6.45) is 0. The van der Waals surface area contributed by atoms with Gasteiger partial charge in [0.05, 0.1) is 14.2 Å². The van der Waals surface area contributed by atoms with Crippen LogP contribution in [-0.2, 0) is 14.3 Å². The van der Waals surface area contributed by atoms with E-state index in [0.29, 0.717) is 16.9 Å². The van der Waals surface area contributed by atoms with Crippen LogP contribution in [0.5, 0.6) is 5.75 Å². The minimum atomic E-state index is -0.447. The van der Waals surface area contributed by atoms with Gasteiger partial charge in [-0.2, -0.15) is 0 Å². The summed E-state index contributed by atoms with van der Waals surface area (Å²) in [7, 11) is 3.06. The van der Waals surface area contributed by atoms with E-state index in [-0.39, 0.29) is 5.76 Å². The molecule has 1 aliphatic rings. The first-order valence-electron chi connectivity index (χ1n) is 5.01. The van der Waals surface area contributed by atoms with E-state index in [2.05, 4.69) is 6.58 Å². The summed E-state index contributed by atoms with van der Waals surface area (Å²) in [5, 5.41) is 0. The van der Waals surface area contributed by atoms with E-state index < -0.39 is 5.97 Å². The van der Waals surface area contributed by atoms with Crippen molar-refractivity contribution >= 4 is 11.5 Å². The number of esters is 1. The number of carbonyl (C=O) groups excluding carboxylic acids is 1. The average Bonchev–Trinajstić information content (AvgIpc) is 2.63. The predicted molar refractivity (Wildman–Crippen MR) is 62.2 cm³/mol. The molecule has 0 unspecified atom stereocenters. The number of methoxy groups -OCH3 is 2. The summed E-state index contributed by atoms with van der Waals surface area (Å²) in [6.45, 7) is 3.62. The van der Waals surface area contributed by atoms with Gasteiger partial charge >= 0.3 is 5.97 Å². The van der Waals surface area contributed by atoms with E-state index in [4.69, 9.17) is 14.2 Å². The third kappa shape index (κ3) is 1.89. The fourth-order valence-electron chi connectivity index (χ4n) is 1.66. The minimum absolute atomic E-state index is 0.239. The summed E-state index contributed by atoms with van der Waals surface area (Å²) in [5.41, 5.74) is 1.10. The second kappa shape index (κ2) is 4.33. The Balaban J connectivity index is 2.46. The van der Waals surface area contributed by atoms with E-state index in [0.717, 1.165) is 5.75 Å². The molecule has 0 spiro atoms. The van der Waals surface area contributed by atoms with Crippen LogP contribution in [0.2, 0.25) is 0 Å². The number of hydrogen-bond acceptors (Lipinski definition) is 4. The van der Waals surface area contributed by atoms with Crippen LogP contribution in [-0.4, -0.2) is 20.2 Å². The molecule has 0 amide bonds. The molecule has 17 heavy (non-hydrogen) atoms. The SMILES string of the molecule is C=C1OC(=O)C(c2ccc(OC)cc2)=C1OC. The summed E-state index contributed by atoms with van der Waals surface area (Å²) in [6, 6.07) is 7.08. The zero-order chi connectivity index (χ0) is 12.4. The lowest BCUT2D eigenvalue weighted by atomic mass is 10.1. The molecule has 0 saturated carbocycles. The monoisotopic (exact) mass is 232 g/mol. The second-order valence-electron chi connectivity index (χ2n) is 3.45. The zero-order valence-corrected chi connectivity index (χ0v) is 9.65. The highest BCUT2D eigenvalue weighted by molar-refractivity contribution is 6.20. The zero-order valence-electron chi connectivity index (χ0n) is 9.65. The standard InChI is InChI=1S/C13H12O4/c1-8-12(16-3)11(13(14)17-8)9-4-6-10(15-2)7-5-9/h4-7H,1H2,2-3H3. The lowest BCUT2D eigenvalue weighted by Gasteiger charge is -2.04. The third-order valence-electron chi connectivity index (χ3n) is 2.48. The fraction of sp³-hybridized carbons (Fsp3) is 0.154. The highest BCUT2D eigenvalue weighted by Crippen LogP contribution is 2.33. The summed E-state index contributed by atoms with van der Waals surface area (Å²) >= 11 is 0. The first-order valence-corrected chi connectivity index (χ1v) is 5.01. The smallest absolute Gasteiger partial charge is 0.348 e. The van der Waals surface area contributed by atoms with Crippen molar-refractivity contribution in [2.24, 2.45) is 0 Å². The lowest BCUT2D eigenvalue weighted by molar-refractivity contribution is -0.131. The fourth-order valence-corrected chi connectivity index (χ4v) is 1.66. The Hall–Kier alpha value is -2.23. The molecule has 0 aliphatic carbocycles. The molecule has 1 aromatic rings. The molecule has 4 heteroatoms. The van der Waals surface area contributed by atoms with Gasteiger partial charge in [-0.15, -0.1) is 0 Å². The molecule has 1 aliphatic heterocycles. The van der Waals surface area contributed by atoms with Crippen molar-refractivity contribution in [3.05, 3.63) is 47.9 Å². The molecule has 0 radical (unpaired) electrons. The van der Waals surface area contributed by atoms with Crippen molar-refractivity contribution in [3.63, 3.8) is 0 Å². The largest absolute Gasteiger partial charge is 0.497 e. The first-order chi connectivity index (χ1) is 8.17. The Labute approximate surface area is 99.1 Å². The van der Waals surface area contributed by atoms with E-state index in [1.54, 1.807) is 31.4 Å². The van der Waals surface area contributed by atoms with Gasteiger partial charge in [-0.25, -0.2) is 4.79 Å². The van der Waals surface area contributed by atoms with Crippen LogP contribution < -0.4 is 4.74 Å². The van der Waals surface area contributed by atoms with E-state index in [1.807, 2.05) is 0 Å². The van der Waals surface area contributed by atoms with Crippen LogP contribution in [0, 0.1) is 0 Å². The van der Waals surface area contributed by atoms with Crippen LogP contribution in [0.15, 0.2) is 42.4 Å². The van der Waals surface area contributed by atoms with Crippen LogP contribution >= 0.6 is 0 Å². The van der Waals surface area contributed by atoms with Crippen LogP contribution in [0.4, 0.5) is 0 Å². The molecular weight excluding hydrogens is 220 g/mol. The highest BCUT2D eigenvalue weighted by Gasteiger charge is 2.30. The molecule has 0 fully saturated rings. The van der Waals surface area contributed by atoms with E-state index >= 15 is 0 Å². The Bertz CT molecular complexity index is 497. The topological polar surface area (TPSA) is 44.8 Å².